The number of fused-ring (bicyclic) bond motifs is 2. The van der Waals surface area contributed by atoms with Gasteiger partial charge in [0.2, 0.25) is 16.0 Å². The average molecular weight is 608 g/mol. The van der Waals surface area contributed by atoms with E-state index in [0.29, 0.717) is 59.2 Å². The molecule has 0 spiro atoms. The predicted octanol–water partition coefficient (Wildman–Crippen LogP) is 2.83. The molecule has 2 atom stereocenters. The normalized spacial score (nSPS) is 20.7. The van der Waals surface area contributed by atoms with Crippen LogP contribution in [0.5, 0.6) is 0 Å². The molecule has 0 aliphatic carbocycles. The van der Waals surface area contributed by atoms with E-state index < -0.39 is 0 Å². The number of likely N-dealkylation sites (tertiary alicyclic amines) is 2. The number of aliphatic hydroxyl groups is 1. The maximum absolute atomic E-state index is 13.5. The molecular weight excluding hydrogens is 578 g/mol. The number of aliphatic hydroxyl groups excluding tert-OH is 1. The van der Waals surface area contributed by atoms with Gasteiger partial charge in [-0.05, 0) is 42.5 Å². The highest BCUT2D eigenvalue weighted by molar-refractivity contribution is 7.20. The number of nitriles is 1. The molecule has 218 valence electrons. The van der Waals surface area contributed by atoms with Gasteiger partial charge in [-0.3, -0.25) is 9.69 Å². The Balaban J connectivity index is 1.09. The minimum absolute atomic E-state index is 0.105. The van der Waals surface area contributed by atoms with E-state index >= 15 is 0 Å². The van der Waals surface area contributed by atoms with Crippen LogP contribution in [0.25, 0.3) is 16.2 Å². The van der Waals surface area contributed by atoms with Crippen molar-refractivity contribution in [3.05, 3.63) is 40.7 Å². The van der Waals surface area contributed by atoms with Crippen LogP contribution in [0.1, 0.15) is 17.5 Å². The van der Waals surface area contributed by atoms with Gasteiger partial charge in [-0.2, -0.15) is 9.78 Å². The van der Waals surface area contributed by atoms with Crippen LogP contribution in [0.15, 0.2) is 24.3 Å². The fourth-order valence-electron chi connectivity index (χ4n) is 6.22. The lowest BCUT2D eigenvalue weighted by Crippen LogP contribution is -2.55. The first-order valence-corrected chi connectivity index (χ1v) is 15.7. The number of aromatic nitrogens is 4. The second-order valence-electron chi connectivity index (χ2n) is 11.2. The summed E-state index contributed by atoms with van der Waals surface area (Å²) in [7, 11) is 1.91. The van der Waals surface area contributed by atoms with E-state index in [0.717, 1.165) is 47.8 Å². The van der Waals surface area contributed by atoms with Crippen LogP contribution < -0.4 is 9.80 Å². The number of hydrogen-bond acceptors (Lipinski definition) is 11. The Kier molecular flexibility index (Phi) is 6.85. The van der Waals surface area contributed by atoms with Crippen LogP contribution in [-0.4, -0.2) is 99.4 Å². The molecule has 6 heterocycles. The summed E-state index contributed by atoms with van der Waals surface area (Å²) < 4.78 is 15.4. The minimum atomic E-state index is -0.371. The zero-order valence-electron chi connectivity index (χ0n) is 23.3. The van der Waals surface area contributed by atoms with Gasteiger partial charge in [-0.15, -0.1) is 5.10 Å². The molecular formula is C28H30FN9O2S2. The van der Waals surface area contributed by atoms with Crippen LogP contribution in [-0.2, 0) is 11.2 Å². The second-order valence-corrected chi connectivity index (χ2v) is 13.2. The van der Waals surface area contributed by atoms with Gasteiger partial charge in [0.1, 0.15) is 22.5 Å². The molecule has 7 rings (SSSR count). The number of anilines is 3. The van der Waals surface area contributed by atoms with E-state index in [4.69, 9.17) is 15.1 Å². The monoisotopic (exact) mass is 607 g/mol. The zero-order valence-corrected chi connectivity index (χ0v) is 24.9. The largest absolute Gasteiger partial charge is 0.389 e. The molecule has 0 bridgehead atoms. The van der Waals surface area contributed by atoms with Gasteiger partial charge in [-0.1, -0.05) is 29.6 Å². The van der Waals surface area contributed by atoms with Crippen LogP contribution in [0, 0.1) is 29.0 Å². The van der Waals surface area contributed by atoms with Gasteiger partial charge in [-0.25, -0.2) is 14.4 Å². The molecule has 4 aromatic rings. The molecule has 2 unspecified atom stereocenters. The quantitative estimate of drug-likeness (QED) is 0.339. The summed E-state index contributed by atoms with van der Waals surface area (Å²) >= 11 is 2.86. The van der Waals surface area contributed by atoms with E-state index in [-0.39, 0.29) is 17.8 Å². The van der Waals surface area contributed by atoms with Crippen molar-refractivity contribution >= 4 is 49.6 Å². The summed E-state index contributed by atoms with van der Waals surface area (Å²) in [4.78, 5) is 31.6. The average Bonchev–Trinajstić information content (AvgIpc) is 3.76. The van der Waals surface area contributed by atoms with E-state index in [9.17, 15) is 19.6 Å². The number of β-amino-alcohol motifs (C(OH)–C–C–N with tert-alkyl or cyclic N) is 1. The Hall–Kier alpha value is -3.64. The molecule has 14 heteroatoms. The topological polar surface area (TPSA) is 117 Å². The first-order valence-electron chi connectivity index (χ1n) is 14.0. The molecule has 3 aliphatic rings. The van der Waals surface area contributed by atoms with Crippen molar-refractivity contribution in [3.8, 4) is 17.3 Å². The molecule has 11 nitrogen and oxygen atoms in total. The van der Waals surface area contributed by atoms with Gasteiger partial charge < -0.3 is 19.8 Å². The van der Waals surface area contributed by atoms with Gasteiger partial charge in [0.05, 0.1) is 18.3 Å². The molecule has 0 radical (unpaired) electrons. The Morgan fingerprint density at radius 1 is 1.12 bits per heavy atom. The number of halogens is 1. The summed E-state index contributed by atoms with van der Waals surface area (Å²) in [6, 6.07) is 8.25. The highest BCUT2D eigenvalue weighted by Gasteiger charge is 2.42. The number of nitrogens with zero attached hydrogens (tertiary/aromatic N) is 9. The molecule has 1 amide bonds. The molecule has 1 N–H and O–H groups in total. The van der Waals surface area contributed by atoms with Crippen molar-refractivity contribution in [1.29, 1.82) is 5.26 Å². The lowest BCUT2D eigenvalue weighted by Gasteiger charge is -2.37. The highest BCUT2D eigenvalue weighted by Crippen LogP contribution is 2.40. The summed E-state index contributed by atoms with van der Waals surface area (Å²) in [5.74, 6) is 1.55. The minimum Gasteiger partial charge on any atom is -0.389 e. The summed E-state index contributed by atoms with van der Waals surface area (Å²) in [6.07, 6.45) is 0.342. The Morgan fingerprint density at radius 3 is 2.48 bits per heavy atom. The lowest BCUT2D eigenvalue weighted by atomic mass is 10.0. The number of aryl methyl sites for hydroxylation is 1. The van der Waals surface area contributed by atoms with Gasteiger partial charge in [0.25, 0.3) is 0 Å². The van der Waals surface area contributed by atoms with Gasteiger partial charge in [0.15, 0.2) is 10.9 Å². The maximum Gasteiger partial charge on any atom is 0.236 e. The molecule has 0 saturated carbocycles. The summed E-state index contributed by atoms with van der Waals surface area (Å²) in [5, 5.41) is 25.8. The number of amides is 1. The maximum atomic E-state index is 13.5. The Morgan fingerprint density at radius 2 is 1.83 bits per heavy atom. The van der Waals surface area contributed by atoms with E-state index in [1.165, 1.54) is 23.5 Å². The number of benzene rings is 1. The zero-order chi connectivity index (χ0) is 29.1. The third-order valence-corrected chi connectivity index (χ3v) is 10.4. The van der Waals surface area contributed by atoms with Crippen molar-refractivity contribution in [1.82, 2.24) is 29.4 Å². The smallest absolute Gasteiger partial charge is 0.236 e. The fraction of sp³-hybridized carbons (Fsp3) is 0.464. The van der Waals surface area contributed by atoms with Gasteiger partial charge >= 0.3 is 0 Å². The summed E-state index contributed by atoms with van der Waals surface area (Å²) in [6.45, 7) is 6.94. The fourth-order valence-corrected chi connectivity index (χ4v) is 8.00. The van der Waals surface area contributed by atoms with Crippen molar-refractivity contribution in [2.24, 2.45) is 11.8 Å². The van der Waals surface area contributed by atoms with Gasteiger partial charge in [0, 0.05) is 51.9 Å². The van der Waals surface area contributed by atoms with Crippen LogP contribution in [0.3, 0.4) is 0 Å². The molecule has 1 aromatic carbocycles. The van der Waals surface area contributed by atoms with Crippen molar-refractivity contribution in [3.63, 3.8) is 0 Å². The van der Waals surface area contributed by atoms with Crippen molar-refractivity contribution in [2.45, 2.75) is 19.4 Å². The lowest BCUT2D eigenvalue weighted by molar-refractivity contribution is -0.142. The van der Waals surface area contributed by atoms with Crippen LogP contribution in [0.4, 0.5) is 20.5 Å². The highest BCUT2D eigenvalue weighted by atomic mass is 32.1. The first-order chi connectivity index (χ1) is 20.3. The molecule has 3 fully saturated rings. The Bertz CT molecular complexity index is 1670. The number of carbonyl (C=O) groups excluding carboxylic acids is 1. The molecule has 3 aromatic heterocycles. The molecule has 42 heavy (non-hydrogen) atoms. The van der Waals surface area contributed by atoms with Crippen molar-refractivity contribution < 1.29 is 14.3 Å². The van der Waals surface area contributed by atoms with Crippen molar-refractivity contribution in [2.75, 3.05) is 62.7 Å². The number of imidazole rings is 1. The van der Waals surface area contributed by atoms with Crippen LogP contribution >= 0.6 is 22.7 Å². The number of rotatable bonds is 7. The van der Waals surface area contributed by atoms with Crippen LogP contribution in [0.2, 0.25) is 0 Å². The molecule has 3 aliphatic heterocycles. The SMILES string of the molecule is CCc1nc2sc(N3CC4CN(CC(=O)N5CC(O)C5)CC4C3)nn2c1N(C)c1nc(-c2ccc(F)cc2)c(C#N)s1. The van der Waals surface area contributed by atoms with E-state index in [2.05, 4.69) is 22.8 Å². The second kappa shape index (κ2) is 10.6. The van der Waals surface area contributed by atoms with E-state index in [1.54, 1.807) is 28.4 Å². The molecule has 3 saturated heterocycles. The standard InChI is InChI=1S/C28H30FN9O2S2/c1-3-21-25(34(2)26-32-24(22(8-30)41-26)16-4-6-19(29)7-5-16)38-27(31-21)42-28(33-38)37-11-17-9-35(10-18(17)12-37)15-23(40)36-13-20(39)14-36/h4-7,17-18,20,39H,3,9-15H2,1-2H3. The number of thiazole rings is 1. The third-order valence-electron chi connectivity index (χ3n) is 8.42. The third kappa shape index (κ3) is 4.70. The first kappa shape index (κ1) is 27.2. The number of hydrogen-bond donors (Lipinski definition) is 1. The number of carbonyl (C=O) groups is 1. The van der Waals surface area contributed by atoms with E-state index in [1.807, 2.05) is 16.5 Å². The summed E-state index contributed by atoms with van der Waals surface area (Å²) in [5.41, 5.74) is 2.12. The predicted molar refractivity (Wildman–Crippen MR) is 159 cm³/mol. The Labute approximate surface area is 250 Å².